The van der Waals surface area contributed by atoms with Crippen LogP contribution in [0.5, 0.6) is 0 Å². The van der Waals surface area contributed by atoms with E-state index in [1.807, 2.05) is 21.6 Å². The predicted molar refractivity (Wildman–Crippen MR) is 63.0 cm³/mol. The molecule has 0 heterocycles. The van der Waals surface area contributed by atoms with Gasteiger partial charge in [-0.1, -0.05) is 34.9 Å². The quantitative estimate of drug-likeness (QED) is 0.509. The van der Waals surface area contributed by atoms with Crippen molar-refractivity contribution in [1.82, 2.24) is 5.32 Å². The van der Waals surface area contributed by atoms with Crippen molar-refractivity contribution in [3.63, 3.8) is 0 Å². The molecule has 0 radical (unpaired) electrons. The highest BCUT2D eigenvalue weighted by Crippen LogP contribution is 2.32. The molecule has 12 heavy (non-hydrogen) atoms. The van der Waals surface area contributed by atoms with Gasteiger partial charge in [0.2, 0.25) is 0 Å². The Balaban J connectivity index is 3.33. The Morgan fingerprint density at radius 3 is 2.50 bits per heavy atom. The Morgan fingerprint density at radius 1 is 1.33 bits per heavy atom. The Hall–Kier alpha value is 0.660. The number of hydrogen-bond donors (Lipinski definition) is 1. The largest absolute Gasteiger partial charge is 0.315 e. The summed E-state index contributed by atoms with van der Waals surface area (Å²) in [6, 6.07) is 0. The first-order chi connectivity index (χ1) is 5.62. The van der Waals surface area contributed by atoms with Crippen molar-refractivity contribution in [3.05, 3.63) is 0 Å². The molecule has 0 aliphatic rings. The fourth-order valence-electron chi connectivity index (χ4n) is 0.946. The van der Waals surface area contributed by atoms with Crippen LogP contribution in [-0.4, -0.2) is 24.1 Å². The van der Waals surface area contributed by atoms with E-state index in [9.17, 15) is 0 Å². The first-order valence-electron chi connectivity index (χ1n) is 4.55. The zero-order valence-electron chi connectivity index (χ0n) is 8.64. The van der Waals surface area contributed by atoms with E-state index in [1.54, 1.807) is 0 Å². The molecular weight excluding hydrogens is 186 g/mol. The van der Waals surface area contributed by atoms with Gasteiger partial charge in [-0.25, -0.2) is 0 Å². The molecule has 0 aliphatic heterocycles. The maximum absolute atomic E-state index is 3.48. The Kier molecular flexibility index (Phi) is 7.49. The van der Waals surface area contributed by atoms with Gasteiger partial charge in [0.15, 0.2) is 0 Å². The molecule has 0 saturated heterocycles. The third-order valence-electron chi connectivity index (χ3n) is 1.57. The Labute approximate surface area is 84.9 Å². The Morgan fingerprint density at radius 2 is 2.00 bits per heavy atom. The second-order valence-electron chi connectivity index (χ2n) is 3.54. The van der Waals surface area contributed by atoms with Crippen LogP contribution in [-0.2, 0) is 0 Å². The van der Waals surface area contributed by atoms with Crippen LogP contribution in [0.15, 0.2) is 0 Å². The highest BCUT2D eigenvalue weighted by Gasteiger charge is 2.16. The second-order valence-corrected chi connectivity index (χ2v) is 6.65. The molecule has 3 heteroatoms. The minimum atomic E-state index is 0.368. The van der Waals surface area contributed by atoms with E-state index in [0.717, 1.165) is 13.1 Å². The molecule has 0 spiro atoms. The summed E-state index contributed by atoms with van der Waals surface area (Å²) in [5.74, 6) is 0. The zero-order valence-corrected chi connectivity index (χ0v) is 10.3. The van der Waals surface area contributed by atoms with Crippen LogP contribution in [0.3, 0.4) is 0 Å². The molecule has 0 aliphatic carbocycles. The van der Waals surface area contributed by atoms with Gasteiger partial charge in [-0.15, -0.1) is 0 Å². The molecule has 74 valence electrons. The van der Waals surface area contributed by atoms with Gasteiger partial charge in [-0.2, -0.15) is 0 Å². The highest BCUT2D eigenvalue weighted by atomic mass is 33.1. The molecule has 0 saturated carbocycles. The third-order valence-corrected chi connectivity index (χ3v) is 4.18. The van der Waals surface area contributed by atoms with Crippen molar-refractivity contribution in [2.24, 2.45) is 0 Å². The Bertz CT molecular complexity index is 105. The highest BCUT2D eigenvalue weighted by molar-refractivity contribution is 8.76. The first kappa shape index (κ1) is 12.7. The standard InChI is InChI=1S/C9H21NS2/c1-5-6-7-10-8-9(2,3)12-11-4/h10H,5-8H2,1-4H3. The van der Waals surface area contributed by atoms with Gasteiger partial charge >= 0.3 is 0 Å². The summed E-state index contributed by atoms with van der Waals surface area (Å²) in [4.78, 5) is 0. The van der Waals surface area contributed by atoms with E-state index < -0.39 is 0 Å². The van der Waals surface area contributed by atoms with Gasteiger partial charge in [0.05, 0.1) is 0 Å². The number of unbranched alkanes of at least 4 members (excludes halogenated alkanes) is 1. The van der Waals surface area contributed by atoms with Crippen LogP contribution < -0.4 is 5.32 Å². The molecule has 1 nitrogen and oxygen atoms in total. The molecule has 0 bridgehead atoms. The maximum Gasteiger partial charge on any atom is 0.0331 e. The zero-order chi connectivity index (χ0) is 9.45. The topological polar surface area (TPSA) is 12.0 Å². The summed E-state index contributed by atoms with van der Waals surface area (Å²) >= 11 is 0. The van der Waals surface area contributed by atoms with Gasteiger partial charge in [-0.3, -0.25) is 0 Å². The van der Waals surface area contributed by atoms with E-state index >= 15 is 0 Å². The SMILES string of the molecule is CCCCNCC(C)(C)SSC. The summed E-state index contributed by atoms with van der Waals surface area (Å²) in [7, 11) is 3.79. The van der Waals surface area contributed by atoms with Crippen molar-refractivity contribution in [3.8, 4) is 0 Å². The lowest BCUT2D eigenvalue weighted by Crippen LogP contribution is -2.32. The van der Waals surface area contributed by atoms with E-state index in [0.29, 0.717) is 4.75 Å². The van der Waals surface area contributed by atoms with Crippen molar-refractivity contribution in [2.45, 2.75) is 38.4 Å². The molecule has 0 aromatic heterocycles. The lowest BCUT2D eigenvalue weighted by atomic mass is 10.2. The normalized spacial score (nSPS) is 12.0. The smallest absolute Gasteiger partial charge is 0.0331 e. The summed E-state index contributed by atoms with van der Waals surface area (Å²) < 4.78 is 0.368. The summed E-state index contributed by atoms with van der Waals surface area (Å²) in [6.45, 7) is 9.07. The summed E-state index contributed by atoms with van der Waals surface area (Å²) in [6.07, 6.45) is 4.71. The monoisotopic (exact) mass is 207 g/mol. The lowest BCUT2D eigenvalue weighted by Gasteiger charge is -2.22. The first-order valence-corrected chi connectivity index (χ1v) is 7.10. The summed E-state index contributed by atoms with van der Waals surface area (Å²) in [5, 5.41) is 3.48. The summed E-state index contributed by atoms with van der Waals surface area (Å²) in [5.41, 5.74) is 0. The third kappa shape index (κ3) is 7.32. The maximum atomic E-state index is 3.48. The van der Waals surface area contributed by atoms with Crippen molar-refractivity contribution >= 4 is 21.6 Å². The average Bonchev–Trinajstić information content (AvgIpc) is 1.98. The minimum Gasteiger partial charge on any atom is -0.315 e. The van der Waals surface area contributed by atoms with Crippen LogP contribution >= 0.6 is 21.6 Å². The molecule has 0 amide bonds. The fourth-order valence-corrected chi connectivity index (χ4v) is 3.09. The fraction of sp³-hybridized carbons (Fsp3) is 1.00. The molecule has 0 aromatic carbocycles. The lowest BCUT2D eigenvalue weighted by molar-refractivity contribution is 0.574. The molecule has 0 atom stereocenters. The van der Waals surface area contributed by atoms with E-state index in [1.165, 1.54) is 12.8 Å². The minimum absolute atomic E-state index is 0.368. The van der Waals surface area contributed by atoms with Gasteiger partial charge < -0.3 is 5.32 Å². The van der Waals surface area contributed by atoms with Crippen LogP contribution in [0, 0.1) is 0 Å². The van der Waals surface area contributed by atoms with Crippen LogP contribution in [0.1, 0.15) is 33.6 Å². The number of rotatable bonds is 7. The second kappa shape index (κ2) is 7.10. The van der Waals surface area contributed by atoms with Gasteiger partial charge in [-0.05, 0) is 33.1 Å². The van der Waals surface area contributed by atoms with Crippen molar-refractivity contribution < 1.29 is 0 Å². The predicted octanol–water partition coefficient (Wildman–Crippen LogP) is 3.17. The van der Waals surface area contributed by atoms with Crippen molar-refractivity contribution in [2.75, 3.05) is 19.3 Å². The molecule has 0 rings (SSSR count). The van der Waals surface area contributed by atoms with Crippen molar-refractivity contribution in [1.29, 1.82) is 0 Å². The van der Waals surface area contributed by atoms with Crippen LogP contribution in [0.4, 0.5) is 0 Å². The van der Waals surface area contributed by atoms with Crippen LogP contribution in [0.2, 0.25) is 0 Å². The molecule has 1 N–H and O–H groups in total. The van der Waals surface area contributed by atoms with Gasteiger partial charge in [0.1, 0.15) is 0 Å². The molecule has 0 fully saturated rings. The molecule has 0 unspecified atom stereocenters. The molecule has 0 aromatic rings. The van der Waals surface area contributed by atoms with Crippen LogP contribution in [0.25, 0.3) is 0 Å². The van der Waals surface area contributed by atoms with Gasteiger partial charge in [0.25, 0.3) is 0 Å². The average molecular weight is 207 g/mol. The van der Waals surface area contributed by atoms with E-state index in [4.69, 9.17) is 0 Å². The van der Waals surface area contributed by atoms with E-state index in [-0.39, 0.29) is 0 Å². The number of hydrogen-bond acceptors (Lipinski definition) is 3. The van der Waals surface area contributed by atoms with E-state index in [2.05, 4.69) is 32.3 Å². The van der Waals surface area contributed by atoms with Gasteiger partial charge in [0, 0.05) is 11.3 Å². The number of nitrogens with one attached hydrogen (secondary N) is 1. The molecular formula is C9H21NS2.